The van der Waals surface area contributed by atoms with Gasteiger partial charge in [0.1, 0.15) is 17.2 Å². The highest BCUT2D eigenvalue weighted by Gasteiger charge is 2.30. The maximum Gasteiger partial charge on any atom is 0.416 e. The number of carbonyl (C=O) groups excluding carboxylic acids is 2. The van der Waals surface area contributed by atoms with E-state index in [1.165, 1.54) is 29.9 Å². The minimum absolute atomic E-state index is 0.0332. The highest BCUT2D eigenvalue weighted by Crippen LogP contribution is 2.30. The predicted octanol–water partition coefficient (Wildman–Crippen LogP) is 6.02. The molecule has 5 aromatic rings. The van der Waals surface area contributed by atoms with Crippen molar-refractivity contribution >= 4 is 28.4 Å². The normalized spacial score (nSPS) is 13.8. The lowest BCUT2D eigenvalue weighted by Gasteiger charge is -2.34. The molecular formula is C35H33F3N6O4. The van der Waals surface area contributed by atoms with Gasteiger partial charge in [0, 0.05) is 63.3 Å². The molecule has 0 saturated carbocycles. The number of nitrogens with zero attached hydrogens (tertiary/aromatic N) is 6. The van der Waals surface area contributed by atoms with Crippen molar-refractivity contribution in [2.75, 3.05) is 45.2 Å². The zero-order valence-electron chi connectivity index (χ0n) is 26.6. The van der Waals surface area contributed by atoms with E-state index in [4.69, 9.17) is 9.47 Å². The lowest BCUT2D eigenvalue weighted by molar-refractivity contribution is -0.137. The lowest BCUT2D eigenvalue weighted by Crippen LogP contribution is -2.48. The Morgan fingerprint density at radius 1 is 0.875 bits per heavy atom. The highest BCUT2D eigenvalue weighted by atomic mass is 19.4. The summed E-state index contributed by atoms with van der Waals surface area (Å²) in [6, 6.07) is 19.3. The number of halogens is 3. The Balaban J connectivity index is 1.07. The van der Waals surface area contributed by atoms with Crippen LogP contribution in [-0.2, 0) is 19.8 Å². The Morgan fingerprint density at radius 2 is 1.52 bits per heavy atom. The smallest absolute Gasteiger partial charge is 0.416 e. The van der Waals surface area contributed by atoms with Crippen molar-refractivity contribution in [2.45, 2.75) is 12.7 Å². The summed E-state index contributed by atoms with van der Waals surface area (Å²) < 4.78 is 51.6. The molecule has 0 radical (unpaired) electrons. The minimum Gasteiger partial charge on any atom is -0.497 e. The van der Waals surface area contributed by atoms with E-state index in [0.717, 1.165) is 60.6 Å². The van der Waals surface area contributed by atoms with Gasteiger partial charge in [-0.15, -0.1) is 0 Å². The number of hydrogen-bond donors (Lipinski definition) is 0. The van der Waals surface area contributed by atoms with Gasteiger partial charge in [-0.05, 0) is 66.2 Å². The molecule has 1 fully saturated rings. The first-order valence-corrected chi connectivity index (χ1v) is 15.2. The Labute approximate surface area is 274 Å². The second-order valence-corrected chi connectivity index (χ2v) is 11.5. The molecule has 10 nitrogen and oxygen atoms in total. The van der Waals surface area contributed by atoms with Crippen LogP contribution < -0.4 is 14.4 Å². The number of hydrogen-bond acceptors (Lipinski definition) is 7. The number of fused-ring (bicyclic) bond motifs is 1. The molecule has 0 aliphatic carbocycles. The maximum absolute atomic E-state index is 13.5. The van der Waals surface area contributed by atoms with E-state index < -0.39 is 17.6 Å². The fraction of sp³-hybridized carbons (Fsp3) is 0.257. The van der Waals surface area contributed by atoms with Gasteiger partial charge in [0.25, 0.3) is 11.8 Å². The van der Waals surface area contributed by atoms with E-state index in [-0.39, 0.29) is 17.5 Å². The third kappa shape index (κ3) is 6.95. The van der Waals surface area contributed by atoms with Gasteiger partial charge in [-0.1, -0.05) is 12.1 Å². The van der Waals surface area contributed by atoms with E-state index in [9.17, 15) is 22.8 Å². The van der Waals surface area contributed by atoms with Gasteiger partial charge < -0.3 is 23.8 Å². The molecule has 3 aromatic carbocycles. The molecular weight excluding hydrogens is 625 g/mol. The Kier molecular flexibility index (Phi) is 9.05. The van der Waals surface area contributed by atoms with Crippen LogP contribution in [0.25, 0.3) is 10.9 Å². The third-order valence-corrected chi connectivity index (χ3v) is 8.43. The van der Waals surface area contributed by atoms with E-state index in [2.05, 4.69) is 27.0 Å². The number of rotatable bonds is 8. The predicted molar refractivity (Wildman–Crippen MR) is 173 cm³/mol. The topological polar surface area (TPSA) is 93.0 Å². The van der Waals surface area contributed by atoms with Crippen molar-refractivity contribution in [3.63, 3.8) is 0 Å². The molecule has 1 aliphatic rings. The van der Waals surface area contributed by atoms with Crippen molar-refractivity contribution in [1.29, 1.82) is 0 Å². The van der Waals surface area contributed by atoms with Gasteiger partial charge in [0.05, 0.1) is 30.8 Å². The molecule has 0 bridgehead atoms. The number of benzene rings is 3. The molecule has 3 heterocycles. The number of methoxy groups -OCH3 is 1. The van der Waals surface area contributed by atoms with E-state index in [0.29, 0.717) is 30.2 Å². The Morgan fingerprint density at radius 3 is 2.15 bits per heavy atom. The van der Waals surface area contributed by atoms with Gasteiger partial charge >= 0.3 is 12.2 Å². The van der Waals surface area contributed by atoms with Crippen molar-refractivity contribution in [2.24, 2.45) is 7.05 Å². The number of carbonyl (C=O) groups is 2. The molecule has 1 saturated heterocycles. The van der Waals surface area contributed by atoms with Crippen molar-refractivity contribution in [3.05, 3.63) is 108 Å². The summed E-state index contributed by atoms with van der Waals surface area (Å²) in [6.45, 7) is 3.62. The standard InChI is InChI=1S/C35H33F3N6O4/c1-41(32(45)24-6-8-26(9-7-24)35(36,37)38)27-20-39-34(40-21-27)48-29-12-13-30-25(18-29)19-31(42(30)2)33(46)44-16-14-43(15-17-44)22-23-4-10-28(47-3)11-5-23/h4-13,18-21H,14-17,22H2,1-3H3. The summed E-state index contributed by atoms with van der Waals surface area (Å²) in [5.41, 5.74) is 2.22. The second kappa shape index (κ2) is 13.4. The summed E-state index contributed by atoms with van der Waals surface area (Å²) in [5, 5.41) is 0.815. The van der Waals surface area contributed by atoms with E-state index in [1.54, 1.807) is 19.2 Å². The zero-order valence-corrected chi connectivity index (χ0v) is 26.6. The first-order chi connectivity index (χ1) is 23.0. The van der Waals surface area contributed by atoms with Crippen LogP contribution in [0.4, 0.5) is 18.9 Å². The summed E-state index contributed by atoms with van der Waals surface area (Å²) in [6.07, 6.45) is -1.71. The summed E-state index contributed by atoms with van der Waals surface area (Å²) in [4.78, 5) is 40.2. The van der Waals surface area contributed by atoms with Gasteiger partial charge in [-0.3, -0.25) is 14.5 Å². The van der Waals surface area contributed by atoms with Gasteiger partial charge in [0.2, 0.25) is 0 Å². The van der Waals surface area contributed by atoms with Crippen LogP contribution >= 0.6 is 0 Å². The maximum atomic E-state index is 13.5. The second-order valence-electron chi connectivity index (χ2n) is 11.5. The molecule has 13 heteroatoms. The molecule has 48 heavy (non-hydrogen) atoms. The first-order valence-electron chi connectivity index (χ1n) is 15.2. The average molecular weight is 659 g/mol. The molecule has 0 spiro atoms. The number of amides is 2. The van der Waals surface area contributed by atoms with Gasteiger partial charge in [-0.25, -0.2) is 9.97 Å². The number of aromatic nitrogens is 3. The monoisotopic (exact) mass is 658 g/mol. The quantitative estimate of drug-likeness (QED) is 0.201. The number of alkyl halides is 3. The number of ether oxygens (including phenoxy) is 2. The van der Waals surface area contributed by atoms with E-state index >= 15 is 0 Å². The van der Waals surface area contributed by atoms with Crippen LogP contribution in [0.2, 0.25) is 0 Å². The fourth-order valence-corrected chi connectivity index (χ4v) is 5.61. The summed E-state index contributed by atoms with van der Waals surface area (Å²) in [5.74, 6) is 0.735. The molecule has 1 aliphatic heterocycles. The summed E-state index contributed by atoms with van der Waals surface area (Å²) >= 11 is 0. The van der Waals surface area contributed by atoms with Crippen LogP contribution in [0.5, 0.6) is 17.5 Å². The van der Waals surface area contributed by atoms with Crippen molar-refractivity contribution in [3.8, 4) is 17.5 Å². The molecule has 6 rings (SSSR count). The molecule has 0 N–H and O–H groups in total. The molecule has 0 unspecified atom stereocenters. The van der Waals surface area contributed by atoms with Gasteiger partial charge in [-0.2, -0.15) is 13.2 Å². The average Bonchev–Trinajstić information content (AvgIpc) is 3.43. The highest BCUT2D eigenvalue weighted by molar-refractivity contribution is 6.05. The molecule has 2 amide bonds. The van der Waals surface area contributed by atoms with Crippen LogP contribution in [0.1, 0.15) is 32.0 Å². The number of aryl methyl sites for hydroxylation is 1. The van der Waals surface area contributed by atoms with E-state index in [1.807, 2.05) is 40.8 Å². The SMILES string of the molecule is COc1ccc(CN2CCN(C(=O)c3cc4cc(Oc5ncc(N(C)C(=O)c6ccc(C(F)(F)F)cc6)cn5)ccc4n3C)CC2)cc1. The van der Waals surface area contributed by atoms with Crippen molar-refractivity contribution < 1.29 is 32.2 Å². The minimum atomic E-state index is -4.49. The van der Waals surface area contributed by atoms with Gasteiger partial charge in [0.15, 0.2) is 0 Å². The molecule has 248 valence electrons. The zero-order chi connectivity index (χ0) is 34.0. The Hall–Kier alpha value is -5.43. The number of piperazine rings is 1. The van der Waals surface area contributed by atoms with Crippen LogP contribution in [0, 0.1) is 0 Å². The molecule has 0 atom stereocenters. The largest absolute Gasteiger partial charge is 0.497 e. The fourth-order valence-electron chi connectivity index (χ4n) is 5.61. The third-order valence-electron chi connectivity index (χ3n) is 8.43. The van der Waals surface area contributed by atoms with Crippen LogP contribution in [0.3, 0.4) is 0 Å². The van der Waals surface area contributed by atoms with Crippen LogP contribution in [0.15, 0.2) is 85.2 Å². The number of anilines is 1. The first kappa shape index (κ1) is 32.5. The lowest BCUT2D eigenvalue weighted by atomic mass is 10.1. The Bertz CT molecular complexity index is 1920. The van der Waals surface area contributed by atoms with Crippen LogP contribution in [-0.4, -0.2) is 76.5 Å². The summed E-state index contributed by atoms with van der Waals surface area (Å²) in [7, 11) is 4.99. The molecule has 2 aromatic heterocycles. The van der Waals surface area contributed by atoms with Crippen molar-refractivity contribution in [1.82, 2.24) is 24.3 Å².